The van der Waals surface area contributed by atoms with Crippen molar-refractivity contribution in [3.63, 3.8) is 0 Å². The number of ether oxygens (including phenoxy) is 1. The number of phenols is 1. The molecular weight excluding hydrogens is 158 g/mol. The highest BCUT2D eigenvalue weighted by molar-refractivity contribution is 5.57. The van der Waals surface area contributed by atoms with E-state index < -0.39 is 0 Å². The van der Waals surface area contributed by atoms with Crippen LogP contribution in [0.2, 0.25) is 0 Å². The monoisotopic (exact) mass is 167 g/mol. The van der Waals surface area contributed by atoms with Crippen molar-refractivity contribution in [2.24, 2.45) is 5.18 Å². The number of rotatable bonds is 2. The summed E-state index contributed by atoms with van der Waals surface area (Å²) in [7, 11) is 1.49. The van der Waals surface area contributed by atoms with Crippen LogP contribution in [-0.4, -0.2) is 12.2 Å². The third-order valence-electron chi connectivity index (χ3n) is 1.59. The Balaban J connectivity index is 3.26. The topological polar surface area (TPSA) is 58.9 Å². The fourth-order valence-electron chi connectivity index (χ4n) is 0.955. The maximum atomic E-state index is 10.1. The van der Waals surface area contributed by atoms with E-state index >= 15 is 0 Å². The zero-order chi connectivity index (χ0) is 9.14. The van der Waals surface area contributed by atoms with Gasteiger partial charge in [-0.25, -0.2) is 0 Å². The van der Waals surface area contributed by atoms with Gasteiger partial charge in [0, 0.05) is 6.07 Å². The largest absolute Gasteiger partial charge is 0.506 e. The molecular formula is C8H9NO3. The number of phenolic OH excluding ortho intramolecular Hbond substituents is 1. The summed E-state index contributed by atoms with van der Waals surface area (Å²) in [6, 6.07) is 2.84. The van der Waals surface area contributed by atoms with Crippen molar-refractivity contribution in [1.29, 1.82) is 0 Å². The van der Waals surface area contributed by atoms with Gasteiger partial charge in [-0.15, -0.1) is 4.91 Å². The van der Waals surface area contributed by atoms with E-state index in [1.54, 1.807) is 6.92 Å². The predicted molar refractivity (Wildman–Crippen MR) is 44.9 cm³/mol. The molecule has 0 saturated heterocycles. The molecule has 1 rings (SSSR count). The van der Waals surface area contributed by atoms with Crippen LogP contribution < -0.4 is 4.74 Å². The summed E-state index contributed by atoms with van der Waals surface area (Å²) >= 11 is 0. The second-order valence-electron chi connectivity index (χ2n) is 2.40. The molecule has 0 aliphatic heterocycles. The Morgan fingerprint density at radius 1 is 1.50 bits per heavy atom. The quantitative estimate of drug-likeness (QED) is 0.686. The average molecular weight is 167 g/mol. The lowest BCUT2D eigenvalue weighted by Gasteiger charge is -2.04. The van der Waals surface area contributed by atoms with Gasteiger partial charge < -0.3 is 9.84 Å². The molecule has 0 unspecified atom stereocenters. The van der Waals surface area contributed by atoms with Gasteiger partial charge >= 0.3 is 0 Å². The number of benzene rings is 1. The van der Waals surface area contributed by atoms with Gasteiger partial charge in [-0.05, 0) is 23.7 Å². The molecule has 0 fully saturated rings. The number of aromatic hydroxyl groups is 1. The molecule has 1 N–H and O–H groups in total. The molecule has 4 nitrogen and oxygen atoms in total. The van der Waals surface area contributed by atoms with Crippen molar-refractivity contribution >= 4 is 5.69 Å². The third kappa shape index (κ3) is 1.37. The van der Waals surface area contributed by atoms with Crippen LogP contribution in [-0.2, 0) is 0 Å². The van der Waals surface area contributed by atoms with E-state index in [1.165, 1.54) is 19.2 Å². The first-order chi connectivity index (χ1) is 5.69. The lowest BCUT2D eigenvalue weighted by atomic mass is 10.2. The van der Waals surface area contributed by atoms with Gasteiger partial charge in [-0.1, -0.05) is 0 Å². The van der Waals surface area contributed by atoms with Crippen molar-refractivity contribution < 1.29 is 9.84 Å². The number of aryl methyl sites for hydroxylation is 1. The Kier molecular flexibility index (Phi) is 2.28. The van der Waals surface area contributed by atoms with Gasteiger partial charge in [0.2, 0.25) is 0 Å². The molecule has 0 heterocycles. The summed E-state index contributed by atoms with van der Waals surface area (Å²) in [5.74, 6) is 0.422. The highest BCUT2D eigenvalue weighted by Gasteiger charge is 2.06. The molecule has 1 aromatic carbocycles. The summed E-state index contributed by atoms with van der Waals surface area (Å²) < 4.78 is 4.93. The summed E-state index contributed by atoms with van der Waals surface area (Å²) in [6.45, 7) is 1.77. The van der Waals surface area contributed by atoms with E-state index in [0.717, 1.165) is 5.56 Å². The standard InChI is InChI=1S/C8H9NO3/c1-5-3-7(10)6(9-11)4-8(5)12-2/h3-4,10H,1-2H3. The predicted octanol–water partition coefficient (Wildman–Crippen LogP) is 2.11. The van der Waals surface area contributed by atoms with E-state index in [0.29, 0.717) is 5.75 Å². The molecule has 12 heavy (non-hydrogen) atoms. The number of hydrogen-bond acceptors (Lipinski definition) is 4. The van der Waals surface area contributed by atoms with E-state index in [1.807, 2.05) is 0 Å². The van der Waals surface area contributed by atoms with Crippen LogP contribution in [0.3, 0.4) is 0 Å². The lowest BCUT2D eigenvalue weighted by Crippen LogP contribution is -1.86. The molecule has 0 radical (unpaired) electrons. The molecule has 0 saturated carbocycles. The Bertz CT molecular complexity index is 309. The summed E-state index contributed by atoms with van der Waals surface area (Å²) in [4.78, 5) is 10.1. The zero-order valence-electron chi connectivity index (χ0n) is 6.87. The third-order valence-corrected chi connectivity index (χ3v) is 1.59. The number of hydrogen-bond donors (Lipinski definition) is 1. The van der Waals surface area contributed by atoms with Gasteiger partial charge in [0.05, 0.1) is 7.11 Å². The smallest absolute Gasteiger partial charge is 0.153 e. The van der Waals surface area contributed by atoms with E-state index in [4.69, 9.17) is 9.84 Å². The molecule has 0 aliphatic rings. The molecule has 0 atom stereocenters. The van der Waals surface area contributed by atoms with Crippen LogP contribution in [0, 0.1) is 11.8 Å². The fourth-order valence-corrected chi connectivity index (χ4v) is 0.955. The van der Waals surface area contributed by atoms with Gasteiger partial charge in [0.1, 0.15) is 11.5 Å². The van der Waals surface area contributed by atoms with Crippen LogP contribution in [0.15, 0.2) is 17.3 Å². The average Bonchev–Trinajstić information content (AvgIpc) is 2.05. The first-order valence-corrected chi connectivity index (χ1v) is 3.40. The minimum Gasteiger partial charge on any atom is -0.506 e. The zero-order valence-corrected chi connectivity index (χ0v) is 6.87. The molecule has 1 aromatic rings. The first kappa shape index (κ1) is 8.52. The first-order valence-electron chi connectivity index (χ1n) is 3.40. The molecule has 0 spiro atoms. The van der Waals surface area contributed by atoms with E-state index in [9.17, 15) is 4.91 Å². The highest BCUT2D eigenvalue weighted by Crippen LogP contribution is 2.33. The Morgan fingerprint density at radius 2 is 2.17 bits per heavy atom. The highest BCUT2D eigenvalue weighted by atomic mass is 16.5. The number of nitrogens with zero attached hydrogens (tertiary/aromatic N) is 1. The van der Waals surface area contributed by atoms with Crippen molar-refractivity contribution in [2.75, 3.05) is 7.11 Å². The van der Waals surface area contributed by atoms with Crippen molar-refractivity contribution in [3.8, 4) is 11.5 Å². The van der Waals surface area contributed by atoms with Crippen LogP contribution in [0.25, 0.3) is 0 Å². The van der Waals surface area contributed by atoms with Crippen LogP contribution in [0.1, 0.15) is 5.56 Å². The van der Waals surface area contributed by atoms with Crippen LogP contribution in [0.5, 0.6) is 11.5 Å². The normalized spacial score (nSPS) is 9.50. The second-order valence-corrected chi connectivity index (χ2v) is 2.40. The van der Waals surface area contributed by atoms with Gasteiger partial charge in [0.15, 0.2) is 5.69 Å². The van der Waals surface area contributed by atoms with Crippen molar-refractivity contribution in [1.82, 2.24) is 0 Å². The van der Waals surface area contributed by atoms with Crippen molar-refractivity contribution in [3.05, 3.63) is 22.6 Å². The summed E-state index contributed by atoms with van der Waals surface area (Å²) in [5.41, 5.74) is 0.764. The summed E-state index contributed by atoms with van der Waals surface area (Å²) in [5, 5.41) is 11.8. The maximum Gasteiger partial charge on any atom is 0.153 e. The Morgan fingerprint density at radius 3 is 2.67 bits per heavy atom. The molecule has 0 aliphatic carbocycles. The summed E-state index contributed by atoms with van der Waals surface area (Å²) in [6.07, 6.45) is 0. The molecule has 0 amide bonds. The molecule has 64 valence electrons. The Labute approximate surface area is 69.8 Å². The minimum atomic E-state index is -0.122. The van der Waals surface area contributed by atoms with E-state index in [2.05, 4.69) is 5.18 Å². The van der Waals surface area contributed by atoms with Crippen LogP contribution in [0.4, 0.5) is 5.69 Å². The Hall–Kier alpha value is -1.58. The SMILES string of the molecule is COc1cc(N=O)c(O)cc1C. The lowest BCUT2D eigenvalue weighted by molar-refractivity contribution is 0.409. The molecule has 4 heteroatoms. The van der Waals surface area contributed by atoms with Gasteiger partial charge in [-0.2, -0.15) is 0 Å². The van der Waals surface area contributed by atoms with Gasteiger partial charge in [-0.3, -0.25) is 0 Å². The fraction of sp³-hybridized carbons (Fsp3) is 0.250. The van der Waals surface area contributed by atoms with Crippen LogP contribution >= 0.6 is 0 Å². The van der Waals surface area contributed by atoms with E-state index in [-0.39, 0.29) is 11.4 Å². The maximum absolute atomic E-state index is 10.1. The molecule has 0 bridgehead atoms. The van der Waals surface area contributed by atoms with Gasteiger partial charge in [0.25, 0.3) is 0 Å². The minimum absolute atomic E-state index is 0.00236. The number of nitroso groups, excluding NO2 is 1. The second kappa shape index (κ2) is 3.21. The van der Waals surface area contributed by atoms with Crippen molar-refractivity contribution in [2.45, 2.75) is 6.92 Å². The number of methoxy groups -OCH3 is 1. The molecule has 0 aromatic heterocycles.